The summed E-state index contributed by atoms with van der Waals surface area (Å²) in [5, 5.41) is 12.8. The number of ether oxygens (including phenoxy) is 1. The molecule has 20 heavy (non-hydrogen) atoms. The second-order valence-electron chi connectivity index (χ2n) is 4.17. The maximum atomic E-state index is 11.1. The number of rotatable bonds is 5. The normalized spacial score (nSPS) is 10.1. The lowest BCUT2D eigenvalue weighted by Gasteiger charge is -2.11. The molecule has 2 aromatic carbocycles. The lowest BCUT2D eigenvalue weighted by atomic mass is 10.1. The molecular weight excluding hydrogens is 278 g/mol. The highest BCUT2D eigenvalue weighted by Crippen LogP contribution is 2.27. The van der Waals surface area contributed by atoms with E-state index in [9.17, 15) is 4.79 Å². The van der Waals surface area contributed by atoms with Gasteiger partial charge in [0.05, 0.1) is 17.7 Å². The minimum absolute atomic E-state index is 0.293. The van der Waals surface area contributed by atoms with Gasteiger partial charge in [-0.05, 0) is 23.8 Å². The van der Waals surface area contributed by atoms with Crippen molar-refractivity contribution in [3.8, 4) is 5.75 Å². The zero-order chi connectivity index (χ0) is 14.5. The first-order valence-corrected chi connectivity index (χ1v) is 6.38. The van der Waals surface area contributed by atoms with Crippen LogP contribution in [0.15, 0.2) is 42.5 Å². The molecule has 5 heteroatoms. The van der Waals surface area contributed by atoms with Crippen LogP contribution in [0.2, 0.25) is 5.02 Å². The number of nitrogens with one attached hydrogen (secondary N) is 1. The van der Waals surface area contributed by atoms with Crippen LogP contribution in [0.3, 0.4) is 0 Å². The first kappa shape index (κ1) is 14.2. The van der Waals surface area contributed by atoms with Crippen molar-refractivity contribution in [1.82, 2.24) is 0 Å². The maximum Gasteiger partial charge on any atom is 0.336 e. The summed E-state index contributed by atoms with van der Waals surface area (Å²) >= 11 is 5.95. The summed E-state index contributed by atoms with van der Waals surface area (Å²) in [6.45, 7) is 0.410. The fourth-order valence-electron chi connectivity index (χ4n) is 1.85. The summed E-state index contributed by atoms with van der Waals surface area (Å²) in [5.41, 5.74) is 1.82. The SMILES string of the molecule is COc1cc(NCc2ccccc2C(=O)O)ccc1Cl. The van der Waals surface area contributed by atoms with Crippen LogP contribution < -0.4 is 10.1 Å². The van der Waals surface area contributed by atoms with E-state index in [1.165, 1.54) is 0 Å². The Kier molecular flexibility index (Phi) is 4.48. The second-order valence-corrected chi connectivity index (χ2v) is 4.57. The van der Waals surface area contributed by atoms with Gasteiger partial charge in [0.15, 0.2) is 0 Å². The van der Waals surface area contributed by atoms with Gasteiger partial charge >= 0.3 is 5.97 Å². The van der Waals surface area contributed by atoms with E-state index in [2.05, 4.69) is 5.32 Å². The van der Waals surface area contributed by atoms with Crippen molar-refractivity contribution in [1.29, 1.82) is 0 Å². The van der Waals surface area contributed by atoms with Crippen LogP contribution in [-0.4, -0.2) is 18.2 Å². The standard InChI is InChI=1S/C15H14ClNO3/c1-20-14-8-11(6-7-13(14)16)17-9-10-4-2-3-5-12(10)15(18)19/h2-8,17H,9H2,1H3,(H,18,19). The zero-order valence-corrected chi connectivity index (χ0v) is 11.6. The Morgan fingerprint density at radius 2 is 2.05 bits per heavy atom. The minimum atomic E-state index is -0.934. The predicted molar refractivity (Wildman–Crippen MR) is 78.7 cm³/mol. The molecule has 0 heterocycles. The van der Waals surface area contributed by atoms with Crippen molar-refractivity contribution >= 4 is 23.3 Å². The van der Waals surface area contributed by atoms with E-state index in [0.717, 1.165) is 5.69 Å². The van der Waals surface area contributed by atoms with E-state index in [-0.39, 0.29) is 0 Å². The van der Waals surface area contributed by atoms with E-state index in [0.29, 0.717) is 28.4 Å². The lowest BCUT2D eigenvalue weighted by Crippen LogP contribution is -2.07. The Labute approximate surface area is 122 Å². The molecular formula is C15H14ClNO3. The van der Waals surface area contributed by atoms with Gasteiger partial charge in [0.25, 0.3) is 0 Å². The number of carboxylic acids is 1. The van der Waals surface area contributed by atoms with E-state index in [1.54, 1.807) is 37.4 Å². The molecule has 104 valence electrons. The molecule has 4 nitrogen and oxygen atoms in total. The van der Waals surface area contributed by atoms with E-state index in [1.807, 2.05) is 12.1 Å². The molecule has 0 aliphatic heterocycles. The summed E-state index contributed by atoms with van der Waals surface area (Å²) in [6, 6.07) is 12.2. The summed E-state index contributed by atoms with van der Waals surface area (Å²) in [7, 11) is 1.55. The van der Waals surface area contributed by atoms with Crippen LogP contribution in [-0.2, 0) is 6.54 Å². The van der Waals surface area contributed by atoms with Crippen LogP contribution in [0, 0.1) is 0 Å². The number of anilines is 1. The fraction of sp³-hybridized carbons (Fsp3) is 0.133. The molecule has 2 aromatic rings. The Morgan fingerprint density at radius 3 is 2.75 bits per heavy atom. The van der Waals surface area contributed by atoms with Crippen molar-refractivity contribution in [3.63, 3.8) is 0 Å². The highest BCUT2D eigenvalue weighted by Gasteiger charge is 2.09. The van der Waals surface area contributed by atoms with E-state index >= 15 is 0 Å². The van der Waals surface area contributed by atoms with Gasteiger partial charge in [0.2, 0.25) is 0 Å². The van der Waals surface area contributed by atoms with Gasteiger partial charge in [0.1, 0.15) is 5.75 Å². The molecule has 0 fully saturated rings. The zero-order valence-electron chi connectivity index (χ0n) is 10.9. The first-order valence-electron chi connectivity index (χ1n) is 6.00. The predicted octanol–water partition coefficient (Wildman–Crippen LogP) is 3.66. The Bertz CT molecular complexity index is 628. The monoisotopic (exact) mass is 291 g/mol. The number of carboxylic acid groups (broad SMARTS) is 1. The average molecular weight is 292 g/mol. The third-order valence-corrected chi connectivity index (χ3v) is 3.19. The third kappa shape index (κ3) is 3.22. The maximum absolute atomic E-state index is 11.1. The van der Waals surface area contributed by atoms with Gasteiger partial charge in [-0.2, -0.15) is 0 Å². The molecule has 0 saturated heterocycles. The van der Waals surface area contributed by atoms with Gasteiger partial charge in [-0.1, -0.05) is 29.8 Å². The topological polar surface area (TPSA) is 58.6 Å². The molecule has 0 amide bonds. The third-order valence-electron chi connectivity index (χ3n) is 2.88. The quantitative estimate of drug-likeness (QED) is 0.882. The van der Waals surface area contributed by atoms with Gasteiger partial charge in [-0.3, -0.25) is 0 Å². The molecule has 0 unspecified atom stereocenters. The fourth-order valence-corrected chi connectivity index (χ4v) is 2.04. The Balaban J connectivity index is 2.15. The number of methoxy groups -OCH3 is 1. The molecule has 0 saturated carbocycles. The van der Waals surface area contributed by atoms with Crippen LogP contribution in [0.1, 0.15) is 15.9 Å². The molecule has 0 spiro atoms. The average Bonchev–Trinajstić information content (AvgIpc) is 2.46. The summed E-state index contributed by atoms with van der Waals surface area (Å²) in [6.07, 6.45) is 0. The molecule has 0 aliphatic carbocycles. The van der Waals surface area contributed by atoms with Gasteiger partial charge in [-0.25, -0.2) is 4.79 Å². The molecule has 0 bridgehead atoms. The number of hydrogen-bond donors (Lipinski definition) is 2. The van der Waals surface area contributed by atoms with Crippen molar-refractivity contribution in [2.24, 2.45) is 0 Å². The van der Waals surface area contributed by atoms with Crippen molar-refractivity contribution in [3.05, 3.63) is 58.6 Å². The first-order chi connectivity index (χ1) is 9.61. The Morgan fingerprint density at radius 1 is 1.30 bits per heavy atom. The largest absolute Gasteiger partial charge is 0.495 e. The number of halogens is 1. The lowest BCUT2D eigenvalue weighted by molar-refractivity contribution is 0.0696. The second kappa shape index (κ2) is 6.30. The molecule has 2 N–H and O–H groups in total. The number of benzene rings is 2. The number of carbonyl (C=O) groups is 1. The van der Waals surface area contributed by atoms with Crippen LogP contribution in [0.25, 0.3) is 0 Å². The van der Waals surface area contributed by atoms with Crippen LogP contribution in [0.5, 0.6) is 5.75 Å². The van der Waals surface area contributed by atoms with E-state index in [4.69, 9.17) is 21.4 Å². The Hall–Kier alpha value is -2.20. The summed E-state index contributed by atoms with van der Waals surface area (Å²) in [5.74, 6) is -0.362. The highest BCUT2D eigenvalue weighted by atomic mass is 35.5. The minimum Gasteiger partial charge on any atom is -0.495 e. The molecule has 0 aliphatic rings. The summed E-state index contributed by atoms with van der Waals surface area (Å²) < 4.78 is 5.13. The van der Waals surface area contributed by atoms with Gasteiger partial charge < -0.3 is 15.2 Å². The van der Waals surface area contributed by atoms with Gasteiger partial charge in [0, 0.05) is 18.3 Å². The highest BCUT2D eigenvalue weighted by molar-refractivity contribution is 6.32. The van der Waals surface area contributed by atoms with Crippen LogP contribution in [0.4, 0.5) is 5.69 Å². The molecule has 0 aromatic heterocycles. The molecule has 2 rings (SSSR count). The van der Waals surface area contributed by atoms with Crippen molar-refractivity contribution < 1.29 is 14.6 Å². The van der Waals surface area contributed by atoms with Crippen molar-refractivity contribution in [2.75, 3.05) is 12.4 Å². The number of hydrogen-bond acceptors (Lipinski definition) is 3. The summed E-state index contributed by atoms with van der Waals surface area (Å²) in [4.78, 5) is 11.1. The molecule has 0 radical (unpaired) electrons. The van der Waals surface area contributed by atoms with Crippen LogP contribution >= 0.6 is 11.6 Å². The van der Waals surface area contributed by atoms with Gasteiger partial charge in [-0.15, -0.1) is 0 Å². The smallest absolute Gasteiger partial charge is 0.336 e. The van der Waals surface area contributed by atoms with E-state index < -0.39 is 5.97 Å². The van der Waals surface area contributed by atoms with Crippen molar-refractivity contribution in [2.45, 2.75) is 6.54 Å². The number of aromatic carboxylic acids is 1. The molecule has 0 atom stereocenters.